The second-order valence-electron chi connectivity index (χ2n) is 7.22. The van der Waals surface area contributed by atoms with E-state index in [-0.39, 0.29) is 11.1 Å². The Balaban J connectivity index is 1.46. The number of anilines is 1. The lowest BCUT2D eigenvalue weighted by atomic mass is 10.1. The molecule has 6 nitrogen and oxygen atoms in total. The highest BCUT2D eigenvalue weighted by atomic mass is 19.2. The van der Waals surface area contributed by atoms with Crippen molar-refractivity contribution >= 4 is 16.7 Å². The summed E-state index contributed by atoms with van der Waals surface area (Å²) >= 11 is 0. The molecule has 1 N–H and O–H groups in total. The van der Waals surface area contributed by atoms with E-state index < -0.39 is 11.6 Å². The normalized spacial score (nSPS) is 14.9. The zero-order chi connectivity index (χ0) is 20.5. The number of aryl methyl sites for hydroxylation is 1. The molecule has 0 bridgehead atoms. The summed E-state index contributed by atoms with van der Waals surface area (Å²) in [4.78, 5) is 23.2. The summed E-state index contributed by atoms with van der Waals surface area (Å²) in [6.45, 7) is 5.00. The van der Waals surface area contributed by atoms with Crippen LogP contribution in [-0.2, 0) is 6.54 Å². The molecule has 1 aliphatic heterocycles. The van der Waals surface area contributed by atoms with Crippen molar-refractivity contribution in [2.24, 2.45) is 0 Å². The third-order valence-electron chi connectivity index (χ3n) is 5.21. The molecule has 4 rings (SSSR count). The molecular weight excluding hydrogens is 376 g/mol. The Morgan fingerprint density at radius 3 is 2.59 bits per heavy atom. The van der Waals surface area contributed by atoms with Crippen molar-refractivity contribution in [3.05, 3.63) is 69.1 Å². The summed E-state index contributed by atoms with van der Waals surface area (Å²) < 4.78 is 27.0. The van der Waals surface area contributed by atoms with E-state index in [0.717, 1.165) is 23.2 Å². The molecule has 0 amide bonds. The van der Waals surface area contributed by atoms with Gasteiger partial charge in [0.05, 0.1) is 22.3 Å². The van der Waals surface area contributed by atoms with Crippen LogP contribution < -0.4 is 10.5 Å². The molecule has 2 aromatic heterocycles. The summed E-state index contributed by atoms with van der Waals surface area (Å²) in [5.74, 6) is -1.96. The average molecular weight is 395 g/mol. The molecule has 148 valence electrons. The number of pyridine rings is 2. The van der Waals surface area contributed by atoms with Gasteiger partial charge in [-0.1, -0.05) is 0 Å². The molecule has 0 radical (unpaired) electrons. The number of piperazine rings is 1. The number of rotatable bonds is 3. The van der Waals surface area contributed by atoms with Gasteiger partial charge >= 0.3 is 0 Å². The first-order valence-electron chi connectivity index (χ1n) is 9.29. The Labute approximate surface area is 166 Å². The van der Waals surface area contributed by atoms with Gasteiger partial charge in [0.25, 0.3) is 5.56 Å². The van der Waals surface area contributed by atoms with Crippen LogP contribution in [-0.4, -0.2) is 41.0 Å². The highest BCUT2D eigenvalue weighted by Gasteiger charge is 2.21. The molecule has 0 aliphatic carbocycles. The van der Waals surface area contributed by atoms with Crippen molar-refractivity contribution < 1.29 is 8.78 Å². The molecule has 3 aromatic rings. The minimum Gasteiger partial charge on any atom is -0.368 e. The predicted octanol–water partition coefficient (Wildman–Crippen LogP) is 2.70. The smallest absolute Gasteiger partial charge is 0.251 e. The van der Waals surface area contributed by atoms with Crippen molar-refractivity contribution in [1.82, 2.24) is 14.9 Å². The largest absolute Gasteiger partial charge is 0.368 e. The first-order valence-corrected chi connectivity index (χ1v) is 9.29. The van der Waals surface area contributed by atoms with Gasteiger partial charge in [0.15, 0.2) is 11.6 Å². The maximum absolute atomic E-state index is 13.6. The summed E-state index contributed by atoms with van der Waals surface area (Å²) in [6.07, 6.45) is 1.80. The van der Waals surface area contributed by atoms with Crippen LogP contribution >= 0.6 is 0 Å². The Morgan fingerprint density at radius 1 is 1.14 bits per heavy atom. The number of hydrogen-bond acceptors (Lipinski definition) is 5. The van der Waals surface area contributed by atoms with Crippen LogP contribution in [0.25, 0.3) is 11.0 Å². The lowest BCUT2D eigenvalue weighted by Gasteiger charge is -2.36. The lowest BCUT2D eigenvalue weighted by Crippen LogP contribution is -2.46. The molecule has 0 spiro atoms. The second-order valence-corrected chi connectivity index (χ2v) is 7.22. The molecule has 1 aliphatic rings. The van der Waals surface area contributed by atoms with E-state index in [1.165, 1.54) is 0 Å². The number of fused-ring (bicyclic) bond motifs is 1. The molecular formula is C21H19F2N5O. The number of aromatic amines is 1. The van der Waals surface area contributed by atoms with Crippen molar-refractivity contribution in [2.45, 2.75) is 13.5 Å². The Hall–Kier alpha value is -3.31. The van der Waals surface area contributed by atoms with Crippen molar-refractivity contribution in [3.63, 3.8) is 0 Å². The molecule has 3 heterocycles. The third-order valence-corrected chi connectivity index (χ3v) is 5.21. The maximum Gasteiger partial charge on any atom is 0.251 e. The minimum atomic E-state index is -1.01. The highest BCUT2D eigenvalue weighted by Crippen LogP contribution is 2.25. The quantitative estimate of drug-likeness (QED) is 0.738. The molecule has 0 atom stereocenters. The van der Waals surface area contributed by atoms with Gasteiger partial charge in [0.2, 0.25) is 0 Å². The Bertz CT molecular complexity index is 1180. The lowest BCUT2D eigenvalue weighted by molar-refractivity contribution is 0.249. The van der Waals surface area contributed by atoms with E-state index in [2.05, 4.69) is 14.9 Å². The molecule has 1 fully saturated rings. The van der Waals surface area contributed by atoms with E-state index >= 15 is 0 Å². The van der Waals surface area contributed by atoms with Crippen molar-refractivity contribution in [3.8, 4) is 6.07 Å². The monoisotopic (exact) mass is 395 g/mol. The number of benzene rings is 1. The number of nitrogens with zero attached hydrogens (tertiary/aromatic N) is 4. The fourth-order valence-electron chi connectivity index (χ4n) is 3.60. The number of nitrogens with one attached hydrogen (secondary N) is 1. The Kier molecular flexibility index (Phi) is 4.99. The van der Waals surface area contributed by atoms with Gasteiger partial charge in [-0.25, -0.2) is 8.78 Å². The zero-order valence-electron chi connectivity index (χ0n) is 15.9. The van der Waals surface area contributed by atoms with E-state index in [0.29, 0.717) is 49.5 Å². The molecule has 1 aromatic carbocycles. The highest BCUT2D eigenvalue weighted by molar-refractivity contribution is 5.74. The Morgan fingerprint density at radius 2 is 1.86 bits per heavy atom. The summed E-state index contributed by atoms with van der Waals surface area (Å²) in [7, 11) is 0. The zero-order valence-corrected chi connectivity index (χ0v) is 15.9. The van der Waals surface area contributed by atoms with Crippen LogP contribution in [0.3, 0.4) is 0 Å². The summed E-state index contributed by atoms with van der Waals surface area (Å²) in [5.41, 5.74) is 3.50. The van der Waals surface area contributed by atoms with Crippen LogP contribution in [0.1, 0.15) is 16.7 Å². The summed E-state index contributed by atoms with van der Waals surface area (Å²) in [5, 5.41) is 9.23. The predicted molar refractivity (Wildman–Crippen MR) is 106 cm³/mol. The van der Waals surface area contributed by atoms with Crippen molar-refractivity contribution in [1.29, 1.82) is 5.26 Å². The van der Waals surface area contributed by atoms with E-state index in [1.54, 1.807) is 19.2 Å². The van der Waals surface area contributed by atoms with Crippen LogP contribution in [0.5, 0.6) is 0 Å². The van der Waals surface area contributed by atoms with Gasteiger partial charge in [-0.15, -0.1) is 0 Å². The fourth-order valence-corrected chi connectivity index (χ4v) is 3.60. The number of halogens is 2. The van der Waals surface area contributed by atoms with Crippen molar-refractivity contribution in [2.75, 3.05) is 31.1 Å². The topological polar surface area (TPSA) is 76.0 Å². The van der Waals surface area contributed by atoms with Gasteiger partial charge in [0.1, 0.15) is 6.07 Å². The van der Waals surface area contributed by atoms with Crippen LogP contribution in [0.2, 0.25) is 0 Å². The molecule has 0 saturated carbocycles. The molecule has 29 heavy (non-hydrogen) atoms. The van der Waals surface area contributed by atoms with Crippen LogP contribution in [0, 0.1) is 29.9 Å². The molecule has 0 unspecified atom stereocenters. The fraction of sp³-hybridized carbons (Fsp3) is 0.286. The SMILES string of the molecule is Cc1cc2ncc(CN3CCN(c4cc(F)c(F)cc4C#N)CC3)cc2[nH]c1=O. The van der Waals surface area contributed by atoms with Gasteiger partial charge in [0, 0.05) is 50.6 Å². The van der Waals surface area contributed by atoms with E-state index in [1.807, 2.05) is 17.0 Å². The first kappa shape index (κ1) is 19.0. The average Bonchev–Trinajstić information content (AvgIpc) is 2.71. The number of H-pyrrole nitrogens is 1. The summed E-state index contributed by atoms with van der Waals surface area (Å²) in [6, 6.07) is 7.67. The maximum atomic E-state index is 13.6. The number of hydrogen-bond donors (Lipinski definition) is 1. The molecule has 8 heteroatoms. The van der Waals surface area contributed by atoms with Crippen LogP contribution in [0.15, 0.2) is 35.3 Å². The number of nitriles is 1. The molecule has 1 saturated heterocycles. The van der Waals surface area contributed by atoms with Gasteiger partial charge in [-0.2, -0.15) is 5.26 Å². The van der Waals surface area contributed by atoms with Gasteiger partial charge < -0.3 is 9.88 Å². The van der Waals surface area contributed by atoms with Gasteiger partial charge in [-0.05, 0) is 30.7 Å². The van der Waals surface area contributed by atoms with E-state index in [9.17, 15) is 18.8 Å². The van der Waals surface area contributed by atoms with Gasteiger partial charge in [-0.3, -0.25) is 14.7 Å². The first-order chi connectivity index (χ1) is 13.9. The standard InChI is InChI=1S/C21H19F2N5O/c1-13-6-18-19(26-21(13)29)7-14(11-25-18)12-27-2-4-28(5-3-27)20-9-17(23)16(22)8-15(20)10-24/h6-9,11H,2-5,12H2,1H3,(H,26,29). The minimum absolute atomic E-state index is 0.120. The second kappa shape index (κ2) is 7.60. The number of aromatic nitrogens is 2. The third kappa shape index (κ3) is 3.82. The van der Waals surface area contributed by atoms with Crippen LogP contribution in [0.4, 0.5) is 14.5 Å². The van der Waals surface area contributed by atoms with E-state index in [4.69, 9.17) is 0 Å².